The van der Waals surface area contributed by atoms with Gasteiger partial charge in [0.2, 0.25) is 0 Å². The van der Waals surface area contributed by atoms with Gasteiger partial charge in [0.25, 0.3) is 0 Å². The van der Waals surface area contributed by atoms with E-state index < -0.39 is 5.97 Å². The lowest BCUT2D eigenvalue weighted by atomic mass is 10.3. The van der Waals surface area contributed by atoms with E-state index in [4.69, 9.17) is 5.11 Å². The SMILES string of the molecule is CCc1nc(C)c(/C=C/C(=O)O)s1. The predicted octanol–water partition coefficient (Wildman–Crippen LogP) is 2.11. The number of carbonyl (C=O) groups is 1. The second kappa shape index (κ2) is 4.18. The number of carboxylic acids is 1. The van der Waals surface area contributed by atoms with Crippen molar-refractivity contribution in [1.29, 1.82) is 0 Å². The largest absolute Gasteiger partial charge is 0.478 e. The summed E-state index contributed by atoms with van der Waals surface area (Å²) in [5.41, 5.74) is 0.902. The first-order valence-corrected chi connectivity index (χ1v) is 4.82. The van der Waals surface area contributed by atoms with Gasteiger partial charge in [-0.2, -0.15) is 0 Å². The molecule has 0 aliphatic rings. The van der Waals surface area contributed by atoms with E-state index in [1.165, 1.54) is 0 Å². The number of rotatable bonds is 3. The average molecular weight is 197 g/mol. The molecule has 1 heterocycles. The van der Waals surface area contributed by atoms with E-state index >= 15 is 0 Å². The highest BCUT2D eigenvalue weighted by atomic mass is 32.1. The normalized spacial score (nSPS) is 10.9. The summed E-state index contributed by atoms with van der Waals surface area (Å²) in [6.07, 6.45) is 3.63. The van der Waals surface area contributed by atoms with Crippen LogP contribution >= 0.6 is 11.3 Å². The molecule has 0 saturated heterocycles. The first-order valence-electron chi connectivity index (χ1n) is 4.00. The Bertz CT molecular complexity index is 341. The minimum absolute atomic E-state index is 0.895. The fourth-order valence-electron chi connectivity index (χ4n) is 0.919. The lowest BCUT2D eigenvalue weighted by Gasteiger charge is -1.84. The molecule has 0 radical (unpaired) electrons. The molecule has 13 heavy (non-hydrogen) atoms. The van der Waals surface area contributed by atoms with Crippen molar-refractivity contribution in [3.05, 3.63) is 21.7 Å². The van der Waals surface area contributed by atoms with Crippen LogP contribution in [0.25, 0.3) is 6.08 Å². The van der Waals surface area contributed by atoms with Crippen LogP contribution in [0.2, 0.25) is 0 Å². The standard InChI is InChI=1S/C9H11NO2S/c1-3-8-10-6(2)7(13-8)4-5-9(11)12/h4-5H,3H2,1-2H3,(H,11,12)/b5-4+. The van der Waals surface area contributed by atoms with Gasteiger partial charge in [-0.25, -0.2) is 9.78 Å². The number of thiazole rings is 1. The van der Waals surface area contributed by atoms with Gasteiger partial charge in [-0.3, -0.25) is 0 Å². The van der Waals surface area contributed by atoms with Gasteiger partial charge < -0.3 is 5.11 Å². The number of aromatic nitrogens is 1. The number of carboxylic acid groups (broad SMARTS) is 1. The second-order valence-electron chi connectivity index (χ2n) is 2.58. The van der Waals surface area contributed by atoms with Crippen LogP contribution in [0.1, 0.15) is 22.5 Å². The van der Waals surface area contributed by atoms with E-state index in [1.54, 1.807) is 17.4 Å². The quantitative estimate of drug-likeness (QED) is 0.755. The van der Waals surface area contributed by atoms with Crippen molar-refractivity contribution >= 4 is 23.4 Å². The zero-order valence-corrected chi connectivity index (χ0v) is 8.39. The maximum atomic E-state index is 10.3. The molecular formula is C9H11NO2S. The third-order valence-electron chi connectivity index (χ3n) is 1.56. The van der Waals surface area contributed by atoms with Crippen molar-refractivity contribution < 1.29 is 9.90 Å². The lowest BCUT2D eigenvalue weighted by molar-refractivity contribution is -0.131. The molecule has 0 amide bonds. The van der Waals surface area contributed by atoms with Crippen LogP contribution in [-0.4, -0.2) is 16.1 Å². The van der Waals surface area contributed by atoms with Crippen LogP contribution in [0.3, 0.4) is 0 Å². The van der Waals surface area contributed by atoms with Gasteiger partial charge in [0.05, 0.1) is 15.6 Å². The van der Waals surface area contributed by atoms with Crippen LogP contribution < -0.4 is 0 Å². The summed E-state index contributed by atoms with van der Waals surface area (Å²) in [4.78, 5) is 15.5. The molecule has 0 fully saturated rings. The van der Waals surface area contributed by atoms with E-state index in [0.29, 0.717) is 0 Å². The Morgan fingerprint density at radius 2 is 2.38 bits per heavy atom. The lowest BCUT2D eigenvalue weighted by Crippen LogP contribution is -1.85. The Morgan fingerprint density at radius 1 is 1.69 bits per heavy atom. The van der Waals surface area contributed by atoms with Crippen LogP contribution in [0, 0.1) is 6.92 Å². The summed E-state index contributed by atoms with van der Waals surface area (Å²) in [6.45, 7) is 3.92. The maximum absolute atomic E-state index is 10.3. The van der Waals surface area contributed by atoms with Crippen molar-refractivity contribution in [3.8, 4) is 0 Å². The molecular weight excluding hydrogens is 186 g/mol. The Morgan fingerprint density at radius 3 is 2.85 bits per heavy atom. The van der Waals surface area contributed by atoms with Crippen LogP contribution in [0.15, 0.2) is 6.08 Å². The second-order valence-corrected chi connectivity index (χ2v) is 3.70. The zero-order valence-electron chi connectivity index (χ0n) is 7.57. The highest BCUT2D eigenvalue weighted by Gasteiger charge is 2.02. The minimum atomic E-state index is -0.925. The Balaban J connectivity index is 2.88. The van der Waals surface area contributed by atoms with Crippen molar-refractivity contribution in [2.75, 3.05) is 0 Å². The molecule has 0 aliphatic carbocycles. The van der Waals surface area contributed by atoms with Crippen molar-refractivity contribution in [2.24, 2.45) is 0 Å². The van der Waals surface area contributed by atoms with Gasteiger partial charge in [-0.05, 0) is 19.4 Å². The molecule has 0 saturated carbocycles. The number of nitrogens with zero attached hydrogens (tertiary/aromatic N) is 1. The van der Waals surface area contributed by atoms with Gasteiger partial charge in [0.1, 0.15) is 0 Å². The van der Waals surface area contributed by atoms with Crippen molar-refractivity contribution in [1.82, 2.24) is 4.98 Å². The number of aryl methyl sites for hydroxylation is 2. The van der Waals surface area contributed by atoms with Crippen LogP contribution in [0.5, 0.6) is 0 Å². The molecule has 1 aromatic heterocycles. The van der Waals surface area contributed by atoms with E-state index in [1.807, 2.05) is 13.8 Å². The number of hydrogen-bond acceptors (Lipinski definition) is 3. The fraction of sp³-hybridized carbons (Fsp3) is 0.333. The summed E-state index contributed by atoms with van der Waals surface area (Å²) >= 11 is 1.54. The monoisotopic (exact) mass is 197 g/mol. The van der Waals surface area contributed by atoms with Crippen molar-refractivity contribution in [2.45, 2.75) is 20.3 Å². The van der Waals surface area contributed by atoms with E-state index in [9.17, 15) is 4.79 Å². The molecule has 1 N–H and O–H groups in total. The third kappa shape index (κ3) is 2.66. The summed E-state index contributed by atoms with van der Waals surface area (Å²) < 4.78 is 0. The van der Waals surface area contributed by atoms with Gasteiger partial charge in [-0.15, -0.1) is 11.3 Å². The third-order valence-corrected chi connectivity index (χ3v) is 2.82. The Kier molecular flexibility index (Phi) is 3.19. The van der Waals surface area contributed by atoms with Gasteiger partial charge in [0.15, 0.2) is 0 Å². The van der Waals surface area contributed by atoms with Crippen LogP contribution in [-0.2, 0) is 11.2 Å². The molecule has 0 atom stereocenters. The summed E-state index contributed by atoms with van der Waals surface area (Å²) in [7, 11) is 0. The van der Waals surface area contributed by atoms with Gasteiger partial charge in [0, 0.05) is 6.08 Å². The summed E-state index contributed by atoms with van der Waals surface area (Å²) in [5, 5.41) is 9.47. The molecule has 4 heteroatoms. The van der Waals surface area contributed by atoms with Gasteiger partial charge >= 0.3 is 5.97 Å². The molecule has 0 spiro atoms. The van der Waals surface area contributed by atoms with Gasteiger partial charge in [-0.1, -0.05) is 6.92 Å². The fourth-order valence-corrected chi connectivity index (χ4v) is 1.83. The summed E-state index contributed by atoms with van der Waals surface area (Å²) in [5.74, 6) is -0.925. The number of hydrogen-bond donors (Lipinski definition) is 1. The molecule has 1 aromatic rings. The molecule has 0 aromatic carbocycles. The molecule has 70 valence electrons. The highest BCUT2D eigenvalue weighted by molar-refractivity contribution is 7.12. The molecule has 0 bridgehead atoms. The topological polar surface area (TPSA) is 50.2 Å². The molecule has 1 rings (SSSR count). The van der Waals surface area contributed by atoms with Crippen LogP contribution in [0.4, 0.5) is 0 Å². The molecule has 3 nitrogen and oxygen atoms in total. The Hall–Kier alpha value is -1.16. The van der Waals surface area contributed by atoms with E-state index in [0.717, 1.165) is 28.1 Å². The van der Waals surface area contributed by atoms with Crippen molar-refractivity contribution in [3.63, 3.8) is 0 Å². The van der Waals surface area contributed by atoms with E-state index in [2.05, 4.69) is 4.98 Å². The maximum Gasteiger partial charge on any atom is 0.328 e. The highest BCUT2D eigenvalue weighted by Crippen LogP contribution is 2.19. The first kappa shape index (κ1) is 9.92. The smallest absolute Gasteiger partial charge is 0.328 e. The predicted molar refractivity (Wildman–Crippen MR) is 52.9 cm³/mol. The number of aliphatic carboxylic acids is 1. The Labute approximate surface area is 80.7 Å². The minimum Gasteiger partial charge on any atom is -0.478 e. The molecule has 0 aliphatic heterocycles. The summed E-state index contributed by atoms with van der Waals surface area (Å²) in [6, 6.07) is 0. The van der Waals surface area contributed by atoms with E-state index in [-0.39, 0.29) is 0 Å². The zero-order chi connectivity index (χ0) is 9.84. The molecule has 0 unspecified atom stereocenters. The first-order chi connectivity index (χ1) is 6.13. The average Bonchev–Trinajstić information content (AvgIpc) is 2.43.